The molecular weight excluding hydrogens is 412 g/mol. The van der Waals surface area contributed by atoms with Crippen molar-refractivity contribution in [3.05, 3.63) is 40.2 Å². The summed E-state index contributed by atoms with van der Waals surface area (Å²) in [4.78, 5) is 15.5. The third-order valence-corrected chi connectivity index (χ3v) is 6.60. The Bertz CT molecular complexity index is 1090. The van der Waals surface area contributed by atoms with Crippen LogP contribution in [0.2, 0.25) is 0 Å². The number of halogens is 2. The number of hydrogen-bond acceptors (Lipinski definition) is 6. The second-order valence-corrected chi connectivity index (χ2v) is 9.07. The zero-order valence-corrected chi connectivity index (χ0v) is 18.0. The van der Waals surface area contributed by atoms with Gasteiger partial charge in [0.15, 0.2) is 23.1 Å². The zero-order chi connectivity index (χ0) is 21.6. The largest absolute Gasteiger partial charge is 0.484 e. The molecule has 6 nitrogen and oxygen atoms in total. The molecule has 1 fully saturated rings. The molecule has 2 aromatic heterocycles. The minimum absolute atomic E-state index is 0.0860. The van der Waals surface area contributed by atoms with Gasteiger partial charge in [0, 0.05) is 30.9 Å². The fraction of sp³-hybridized carbons (Fsp3) is 0.476. The Morgan fingerprint density at radius 2 is 2.03 bits per heavy atom. The molecule has 0 spiro atoms. The van der Waals surface area contributed by atoms with Gasteiger partial charge < -0.3 is 14.6 Å². The topological polar surface area (TPSA) is 77.2 Å². The Morgan fingerprint density at radius 1 is 1.30 bits per heavy atom. The van der Waals surface area contributed by atoms with Crippen molar-refractivity contribution < 1.29 is 22.8 Å². The molecule has 0 unspecified atom stereocenters. The number of carbonyl (C=O) groups is 1. The van der Waals surface area contributed by atoms with Gasteiger partial charge in [0.25, 0.3) is 0 Å². The predicted octanol–water partition coefficient (Wildman–Crippen LogP) is 5.21. The van der Waals surface area contributed by atoms with Crippen molar-refractivity contribution in [3.63, 3.8) is 0 Å². The van der Waals surface area contributed by atoms with Gasteiger partial charge in [-0.1, -0.05) is 19.0 Å². The molecule has 1 atom stereocenters. The smallest absolute Gasteiger partial charge is 0.217 e. The van der Waals surface area contributed by atoms with Crippen LogP contribution in [0.1, 0.15) is 74.9 Å². The van der Waals surface area contributed by atoms with Crippen molar-refractivity contribution in [2.45, 2.75) is 64.5 Å². The maximum absolute atomic E-state index is 14.9. The second-order valence-electron chi connectivity index (χ2n) is 8.04. The number of ether oxygens (including phenoxy) is 1. The lowest BCUT2D eigenvalue weighted by molar-refractivity contribution is -0.119. The lowest BCUT2D eigenvalue weighted by atomic mass is 9.80. The standard InChI is InChI=1S/C21H23F2N3O3S/c1-9(2)21-25-16-7-14(22)19(18(23)20(16)30-21)28-13-5-12(6-13)15-8-17(29-26-15)10(3)24-11(4)27/h7-10,12-13H,5-6H2,1-4H3,(H,24,27)/t10-,12?,13?/m0/s1. The first kappa shape index (κ1) is 20.7. The Labute approximate surface area is 176 Å². The van der Waals surface area contributed by atoms with Crippen molar-refractivity contribution >= 4 is 27.5 Å². The molecule has 0 saturated heterocycles. The molecule has 1 saturated carbocycles. The number of rotatable bonds is 6. The predicted molar refractivity (Wildman–Crippen MR) is 109 cm³/mol. The second kappa shape index (κ2) is 7.94. The number of amides is 1. The summed E-state index contributed by atoms with van der Waals surface area (Å²) in [7, 11) is 0. The van der Waals surface area contributed by atoms with Gasteiger partial charge in [-0.2, -0.15) is 0 Å². The van der Waals surface area contributed by atoms with Crippen LogP contribution in [0, 0.1) is 11.6 Å². The van der Waals surface area contributed by atoms with E-state index in [0.29, 0.717) is 28.8 Å². The van der Waals surface area contributed by atoms with Gasteiger partial charge in [-0.05, 0) is 19.8 Å². The number of nitrogens with one attached hydrogen (secondary N) is 1. The van der Waals surface area contributed by atoms with Crippen LogP contribution in [0.3, 0.4) is 0 Å². The van der Waals surface area contributed by atoms with Gasteiger partial charge in [0.1, 0.15) is 6.10 Å². The summed E-state index contributed by atoms with van der Waals surface area (Å²) < 4.78 is 40.6. The van der Waals surface area contributed by atoms with E-state index in [9.17, 15) is 13.6 Å². The van der Waals surface area contributed by atoms with Crippen LogP contribution in [-0.4, -0.2) is 22.2 Å². The monoisotopic (exact) mass is 435 g/mol. The number of fused-ring (bicyclic) bond motifs is 1. The van der Waals surface area contributed by atoms with E-state index in [1.165, 1.54) is 24.3 Å². The fourth-order valence-corrected chi connectivity index (χ4v) is 4.48. The van der Waals surface area contributed by atoms with Crippen molar-refractivity contribution in [1.82, 2.24) is 15.5 Å². The van der Waals surface area contributed by atoms with E-state index < -0.39 is 11.6 Å². The number of thiazole rings is 1. The van der Waals surface area contributed by atoms with Crippen LogP contribution in [0.5, 0.6) is 5.75 Å². The Morgan fingerprint density at radius 3 is 2.70 bits per heavy atom. The molecule has 3 aromatic rings. The molecule has 2 heterocycles. The number of nitrogens with zero attached hydrogens (tertiary/aromatic N) is 2. The van der Waals surface area contributed by atoms with E-state index in [2.05, 4.69) is 15.5 Å². The first-order valence-corrected chi connectivity index (χ1v) is 10.7. The molecule has 160 valence electrons. The highest BCUT2D eigenvalue weighted by Gasteiger charge is 2.36. The van der Waals surface area contributed by atoms with Gasteiger partial charge in [-0.15, -0.1) is 11.3 Å². The summed E-state index contributed by atoms with van der Waals surface area (Å²) in [6.45, 7) is 7.17. The van der Waals surface area contributed by atoms with Crippen LogP contribution in [-0.2, 0) is 4.79 Å². The van der Waals surface area contributed by atoms with E-state index in [1.807, 2.05) is 20.8 Å². The molecule has 9 heteroatoms. The third kappa shape index (κ3) is 3.90. The molecule has 4 rings (SSSR count). The van der Waals surface area contributed by atoms with Crippen molar-refractivity contribution in [1.29, 1.82) is 0 Å². The highest BCUT2D eigenvalue weighted by atomic mass is 32.1. The fourth-order valence-electron chi connectivity index (χ4n) is 3.50. The Balaban J connectivity index is 1.43. The Kier molecular flexibility index (Phi) is 5.48. The van der Waals surface area contributed by atoms with E-state index in [0.717, 1.165) is 10.7 Å². The molecule has 0 radical (unpaired) electrons. The molecule has 1 amide bonds. The molecule has 1 N–H and O–H groups in total. The number of carbonyl (C=O) groups excluding carboxylic acids is 1. The lowest BCUT2D eigenvalue weighted by Gasteiger charge is -2.34. The summed E-state index contributed by atoms with van der Waals surface area (Å²) >= 11 is 1.23. The molecular formula is C21H23F2N3O3S. The van der Waals surface area contributed by atoms with Crippen LogP contribution in [0.4, 0.5) is 8.78 Å². The molecule has 30 heavy (non-hydrogen) atoms. The van der Waals surface area contributed by atoms with Crippen molar-refractivity contribution in [3.8, 4) is 5.75 Å². The minimum atomic E-state index is -0.739. The van der Waals surface area contributed by atoms with Crippen LogP contribution in [0.15, 0.2) is 16.7 Å². The van der Waals surface area contributed by atoms with Crippen LogP contribution in [0.25, 0.3) is 10.2 Å². The van der Waals surface area contributed by atoms with Crippen LogP contribution >= 0.6 is 11.3 Å². The minimum Gasteiger partial charge on any atom is -0.484 e. The first-order chi connectivity index (χ1) is 14.2. The summed E-state index contributed by atoms with van der Waals surface area (Å²) in [6.07, 6.45) is 0.858. The molecule has 0 bridgehead atoms. The number of benzene rings is 1. The third-order valence-electron chi connectivity index (χ3n) is 5.23. The average Bonchev–Trinajstić information content (AvgIpc) is 3.26. The number of hydrogen-bond donors (Lipinski definition) is 1. The van der Waals surface area contributed by atoms with Gasteiger partial charge in [-0.25, -0.2) is 13.8 Å². The number of aromatic nitrogens is 2. The van der Waals surface area contributed by atoms with E-state index in [1.54, 1.807) is 6.07 Å². The highest BCUT2D eigenvalue weighted by molar-refractivity contribution is 7.18. The van der Waals surface area contributed by atoms with Gasteiger partial charge in [0.2, 0.25) is 5.91 Å². The summed E-state index contributed by atoms with van der Waals surface area (Å²) in [6, 6.07) is 2.76. The zero-order valence-electron chi connectivity index (χ0n) is 17.2. The normalized spacial score (nSPS) is 19.7. The van der Waals surface area contributed by atoms with Gasteiger partial charge in [0.05, 0.1) is 27.0 Å². The lowest BCUT2D eigenvalue weighted by Crippen LogP contribution is -2.33. The average molecular weight is 435 g/mol. The van der Waals surface area contributed by atoms with Crippen molar-refractivity contribution in [2.75, 3.05) is 0 Å². The van der Waals surface area contributed by atoms with E-state index >= 15 is 0 Å². The molecule has 1 aliphatic carbocycles. The van der Waals surface area contributed by atoms with E-state index in [-0.39, 0.29) is 35.6 Å². The highest BCUT2D eigenvalue weighted by Crippen LogP contribution is 2.42. The van der Waals surface area contributed by atoms with Crippen LogP contribution < -0.4 is 10.1 Å². The maximum Gasteiger partial charge on any atom is 0.217 e. The molecule has 0 aliphatic heterocycles. The van der Waals surface area contributed by atoms with E-state index in [4.69, 9.17) is 9.26 Å². The van der Waals surface area contributed by atoms with Crippen molar-refractivity contribution in [2.24, 2.45) is 0 Å². The molecule has 1 aliphatic rings. The summed E-state index contributed by atoms with van der Waals surface area (Å²) in [5.41, 5.74) is 1.07. The summed E-state index contributed by atoms with van der Waals surface area (Å²) in [5.74, 6) is -1.13. The quantitative estimate of drug-likeness (QED) is 0.575. The Hall–Kier alpha value is -2.55. The molecule has 1 aromatic carbocycles. The first-order valence-electron chi connectivity index (χ1n) is 9.91. The SMILES string of the molecule is CC(=O)N[C@@H](C)c1cc(C2CC(Oc3c(F)cc4nc(C(C)C)sc4c3F)C2)no1. The van der Waals surface area contributed by atoms with Gasteiger partial charge >= 0.3 is 0 Å². The maximum atomic E-state index is 14.9. The summed E-state index contributed by atoms with van der Waals surface area (Å²) in [5, 5.41) is 7.57. The van der Waals surface area contributed by atoms with Gasteiger partial charge in [-0.3, -0.25) is 4.79 Å².